The average Bonchev–Trinajstić information content (AvgIpc) is 3.00. The highest BCUT2D eigenvalue weighted by atomic mass is 16.3. The minimum Gasteiger partial charge on any atom is -0.506 e. The summed E-state index contributed by atoms with van der Waals surface area (Å²) in [6.45, 7) is 0. The highest BCUT2D eigenvalue weighted by Gasteiger charge is 2.17. The third-order valence-corrected chi connectivity index (χ3v) is 7.21. The van der Waals surface area contributed by atoms with Crippen molar-refractivity contribution < 1.29 is 15.0 Å². The molecule has 1 heterocycles. The Bertz CT molecular complexity index is 1610. The number of phenolic OH excluding ortho intramolecular Hbond substituents is 1. The van der Waals surface area contributed by atoms with Crippen molar-refractivity contribution >= 4 is 22.6 Å². The van der Waals surface area contributed by atoms with Crippen LogP contribution in [0.15, 0.2) is 114 Å². The molecule has 1 aromatic heterocycles. The molecule has 2 amide bonds. The number of rotatable bonds is 10. The summed E-state index contributed by atoms with van der Waals surface area (Å²) in [7, 11) is 0. The number of aliphatic hydroxyl groups excluding tert-OH is 1. The van der Waals surface area contributed by atoms with Gasteiger partial charge in [0, 0.05) is 17.1 Å². The van der Waals surface area contributed by atoms with Gasteiger partial charge in [-0.2, -0.15) is 0 Å². The number of pyridine rings is 1. The number of urea groups is 1. The highest BCUT2D eigenvalue weighted by molar-refractivity contribution is 5.90. The number of hydrogen-bond donors (Lipinski definition) is 5. The fourth-order valence-corrected chi connectivity index (χ4v) is 5.07. The van der Waals surface area contributed by atoms with Crippen LogP contribution in [0.3, 0.4) is 0 Å². The zero-order valence-electron chi connectivity index (χ0n) is 22.6. The first-order valence-electron chi connectivity index (χ1n) is 13.8. The number of nitrogens with one attached hydrogen (secondary N) is 3. The number of carbonyl (C=O) groups is 1. The van der Waals surface area contributed by atoms with Crippen LogP contribution in [0, 0.1) is 0 Å². The van der Waals surface area contributed by atoms with Crippen LogP contribution in [0.1, 0.15) is 53.7 Å². The minimum absolute atomic E-state index is 0.0173. The maximum Gasteiger partial charge on any atom is 0.319 e. The van der Waals surface area contributed by atoms with Gasteiger partial charge in [0.15, 0.2) is 0 Å². The lowest BCUT2D eigenvalue weighted by molar-refractivity contribution is 0.165. The first kappa shape index (κ1) is 27.7. The van der Waals surface area contributed by atoms with Crippen molar-refractivity contribution in [2.24, 2.45) is 0 Å². The Labute approximate surface area is 238 Å². The maximum absolute atomic E-state index is 12.9. The Balaban J connectivity index is 1.13. The zero-order chi connectivity index (χ0) is 28.6. The third-order valence-electron chi connectivity index (χ3n) is 7.21. The van der Waals surface area contributed by atoms with Gasteiger partial charge < -0.3 is 25.8 Å². The fourth-order valence-electron chi connectivity index (χ4n) is 5.07. The molecule has 0 bridgehead atoms. The van der Waals surface area contributed by atoms with E-state index in [9.17, 15) is 19.8 Å². The molecule has 0 aliphatic rings. The van der Waals surface area contributed by atoms with E-state index < -0.39 is 6.10 Å². The monoisotopic (exact) mass is 547 g/mol. The molecule has 5 rings (SSSR count). The number of H-pyrrole nitrogens is 1. The average molecular weight is 548 g/mol. The SMILES string of the molecule is O=C(Nc1ccc(CCCC[C@H](O)c2ccc(O)c3[nH]c(=O)ccc23)cc1)NC(c1ccccc1)c1ccccc1. The van der Waals surface area contributed by atoms with E-state index in [2.05, 4.69) is 15.6 Å². The van der Waals surface area contributed by atoms with Gasteiger partial charge in [0.1, 0.15) is 5.75 Å². The van der Waals surface area contributed by atoms with Gasteiger partial charge >= 0.3 is 6.03 Å². The van der Waals surface area contributed by atoms with Crippen molar-refractivity contribution in [3.05, 3.63) is 142 Å². The van der Waals surface area contributed by atoms with E-state index in [1.54, 1.807) is 12.1 Å². The van der Waals surface area contributed by atoms with E-state index in [-0.39, 0.29) is 23.4 Å². The summed E-state index contributed by atoms with van der Waals surface area (Å²) in [5.41, 5.74) is 4.58. The minimum atomic E-state index is -0.704. The number of aryl methyl sites for hydroxylation is 1. The van der Waals surface area contributed by atoms with Crippen molar-refractivity contribution in [3.63, 3.8) is 0 Å². The van der Waals surface area contributed by atoms with Crippen LogP contribution in [0.25, 0.3) is 10.9 Å². The number of aromatic nitrogens is 1. The number of aromatic hydroxyl groups is 1. The van der Waals surface area contributed by atoms with Crippen LogP contribution in [-0.4, -0.2) is 21.2 Å². The number of anilines is 1. The molecule has 5 N–H and O–H groups in total. The summed E-state index contributed by atoms with van der Waals surface area (Å²) in [5.74, 6) is -0.0173. The van der Waals surface area contributed by atoms with Crippen LogP contribution in [0.5, 0.6) is 5.75 Å². The maximum atomic E-state index is 12.9. The van der Waals surface area contributed by atoms with Crippen molar-refractivity contribution in [3.8, 4) is 5.75 Å². The number of carbonyl (C=O) groups excluding carboxylic acids is 1. The lowest BCUT2D eigenvalue weighted by Gasteiger charge is -2.20. The molecule has 0 saturated carbocycles. The first-order valence-corrected chi connectivity index (χ1v) is 13.8. The van der Waals surface area contributed by atoms with Crippen LogP contribution < -0.4 is 16.2 Å². The molecule has 4 aromatic carbocycles. The molecule has 0 fully saturated rings. The predicted octanol–water partition coefficient (Wildman–Crippen LogP) is 6.59. The molecule has 0 aliphatic heterocycles. The van der Waals surface area contributed by atoms with Gasteiger partial charge in [0.05, 0.1) is 17.7 Å². The first-order chi connectivity index (χ1) is 20.0. The van der Waals surface area contributed by atoms with Gasteiger partial charge in [-0.05, 0) is 65.8 Å². The second-order valence-corrected chi connectivity index (χ2v) is 10.1. The fraction of sp³-hybridized carbons (Fsp3) is 0.176. The molecule has 0 radical (unpaired) electrons. The van der Waals surface area contributed by atoms with Gasteiger partial charge in [-0.1, -0.05) is 85.3 Å². The molecule has 5 aromatic rings. The molecular formula is C34H33N3O4. The van der Waals surface area contributed by atoms with E-state index in [1.165, 1.54) is 12.1 Å². The van der Waals surface area contributed by atoms with Crippen molar-refractivity contribution in [2.75, 3.05) is 5.32 Å². The van der Waals surface area contributed by atoms with Crippen LogP contribution in [-0.2, 0) is 6.42 Å². The lowest BCUT2D eigenvalue weighted by Crippen LogP contribution is -2.33. The number of phenols is 1. The topological polar surface area (TPSA) is 114 Å². The Hall–Kier alpha value is -4.88. The van der Waals surface area contributed by atoms with Crippen LogP contribution in [0.4, 0.5) is 10.5 Å². The summed E-state index contributed by atoms with van der Waals surface area (Å²) >= 11 is 0. The van der Waals surface area contributed by atoms with E-state index in [1.807, 2.05) is 84.9 Å². The van der Waals surface area contributed by atoms with Crippen LogP contribution in [0.2, 0.25) is 0 Å². The molecule has 208 valence electrons. The van der Waals surface area contributed by atoms with Crippen LogP contribution >= 0.6 is 0 Å². The Morgan fingerprint density at radius 2 is 1.44 bits per heavy atom. The number of aliphatic hydroxyl groups is 1. The predicted molar refractivity (Wildman–Crippen MR) is 162 cm³/mol. The smallest absolute Gasteiger partial charge is 0.319 e. The van der Waals surface area contributed by atoms with Crippen molar-refractivity contribution in [1.29, 1.82) is 0 Å². The molecule has 1 atom stereocenters. The van der Waals surface area contributed by atoms with Gasteiger partial charge in [0.2, 0.25) is 5.56 Å². The summed E-state index contributed by atoms with van der Waals surface area (Å²) in [5, 5.41) is 27.5. The number of aromatic amines is 1. The second-order valence-electron chi connectivity index (χ2n) is 10.1. The molecule has 41 heavy (non-hydrogen) atoms. The third kappa shape index (κ3) is 7.01. The molecule has 0 unspecified atom stereocenters. The quantitative estimate of drug-likeness (QED) is 0.127. The summed E-state index contributed by atoms with van der Waals surface area (Å²) in [4.78, 5) is 27.2. The Morgan fingerprint density at radius 1 is 0.780 bits per heavy atom. The summed E-state index contributed by atoms with van der Waals surface area (Å²) in [6, 6.07) is 33.2. The zero-order valence-corrected chi connectivity index (χ0v) is 22.6. The highest BCUT2D eigenvalue weighted by Crippen LogP contribution is 2.31. The second kappa shape index (κ2) is 13.0. The van der Waals surface area contributed by atoms with Crippen molar-refractivity contribution in [1.82, 2.24) is 10.3 Å². The summed E-state index contributed by atoms with van der Waals surface area (Å²) < 4.78 is 0. The lowest BCUT2D eigenvalue weighted by atomic mass is 9.97. The van der Waals surface area contributed by atoms with Gasteiger partial charge in [-0.15, -0.1) is 0 Å². The number of fused-ring (bicyclic) bond motifs is 1. The standard InChI is InChI=1S/C34H33N3O4/c38-29(27-19-21-30(39)33-28(27)20-22-31(40)36-33)14-8-7-9-23-15-17-26(18-16-23)35-34(41)37-32(24-10-3-1-4-11-24)25-12-5-2-6-13-25/h1-6,10-13,15-22,29,32,38-39H,7-9,14H2,(H,36,40)(H2,35,37,41)/t29-/m0/s1. The van der Waals surface area contributed by atoms with E-state index in [0.29, 0.717) is 28.6 Å². The number of benzene rings is 4. The Kier molecular flexibility index (Phi) is 8.76. The van der Waals surface area contributed by atoms with Gasteiger partial charge in [-0.3, -0.25) is 4.79 Å². The van der Waals surface area contributed by atoms with Gasteiger partial charge in [0.25, 0.3) is 0 Å². The van der Waals surface area contributed by atoms with E-state index in [0.717, 1.165) is 36.0 Å². The van der Waals surface area contributed by atoms with Gasteiger partial charge in [-0.25, -0.2) is 4.79 Å². The van der Waals surface area contributed by atoms with E-state index >= 15 is 0 Å². The molecule has 0 saturated heterocycles. The number of hydrogen-bond acceptors (Lipinski definition) is 4. The van der Waals surface area contributed by atoms with E-state index in [4.69, 9.17) is 0 Å². The molecule has 0 spiro atoms. The molecule has 0 aliphatic carbocycles. The largest absolute Gasteiger partial charge is 0.506 e. The summed E-state index contributed by atoms with van der Waals surface area (Å²) in [6.07, 6.45) is 2.38. The Morgan fingerprint density at radius 3 is 2.10 bits per heavy atom. The molecule has 7 heteroatoms. The normalized spacial score (nSPS) is 11.9. The number of amides is 2. The molecular weight excluding hydrogens is 514 g/mol. The number of unbranched alkanes of at least 4 members (excludes halogenated alkanes) is 1. The molecule has 7 nitrogen and oxygen atoms in total. The van der Waals surface area contributed by atoms with Crippen molar-refractivity contribution in [2.45, 2.75) is 37.8 Å².